The van der Waals surface area contributed by atoms with Crippen LogP contribution >= 0.6 is 34.8 Å². The van der Waals surface area contributed by atoms with Crippen LogP contribution in [-0.2, 0) is 12.8 Å². The first-order valence-electron chi connectivity index (χ1n) is 7.55. The van der Waals surface area contributed by atoms with Crippen LogP contribution in [0.2, 0.25) is 0 Å². The van der Waals surface area contributed by atoms with Gasteiger partial charge in [0.15, 0.2) is 3.79 Å². The molecule has 0 spiro atoms. The monoisotopic (exact) mass is 354 g/mol. The minimum atomic E-state index is -1.26. The van der Waals surface area contributed by atoms with Crippen molar-refractivity contribution in [2.24, 2.45) is 5.92 Å². The summed E-state index contributed by atoms with van der Waals surface area (Å²) in [6.45, 7) is 4.50. The molecule has 0 aromatic heterocycles. The molecule has 118 valence electrons. The highest BCUT2D eigenvalue weighted by atomic mass is 35.6. The molecule has 0 saturated carbocycles. The third-order valence-electron chi connectivity index (χ3n) is 3.95. The first-order valence-corrected chi connectivity index (χ1v) is 8.68. The summed E-state index contributed by atoms with van der Waals surface area (Å²) < 4.78 is -1.26. The molecule has 2 rings (SSSR count). The van der Waals surface area contributed by atoms with Crippen LogP contribution in [0.25, 0.3) is 0 Å². The Hall–Kier alpha value is -0.690. The topological polar surface area (TPSA) is 0 Å². The van der Waals surface area contributed by atoms with E-state index in [4.69, 9.17) is 34.8 Å². The van der Waals surface area contributed by atoms with Crippen molar-refractivity contribution in [1.29, 1.82) is 0 Å². The molecule has 2 aromatic rings. The molecule has 0 bridgehead atoms. The molecule has 0 aliphatic heterocycles. The molecule has 0 nitrogen and oxygen atoms in total. The van der Waals surface area contributed by atoms with Crippen molar-refractivity contribution in [2.45, 2.75) is 36.4 Å². The van der Waals surface area contributed by atoms with Crippen LogP contribution in [0.4, 0.5) is 0 Å². The minimum absolute atomic E-state index is 0.408. The first-order chi connectivity index (χ1) is 10.4. The molecule has 1 atom stereocenters. The van der Waals surface area contributed by atoms with Crippen molar-refractivity contribution >= 4 is 34.8 Å². The first kappa shape index (κ1) is 17.7. The zero-order chi connectivity index (χ0) is 16.2. The van der Waals surface area contributed by atoms with E-state index < -0.39 is 3.79 Å². The second-order valence-corrected chi connectivity index (χ2v) is 8.55. The molecule has 0 aliphatic carbocycles. The van der Waals surface area contributed by atoms with Gasteiger partial charge >= 0.3 is 0 Å². The maximum atomic E-state index is 6.01. The van der Waals surface area contributed by atoms with Gasteiger partial charge in [0.1, 0.15) is 0 Å². The van der Waals surface area contributed by atoms with Gasteiger partial charge < -0.3 is 0 Å². The highest BCUT2D eigenvalue weighted by Crippen LogP contribution is 2.36. The maximum absolute atomic E-state index is 6.01. The van der Waals surface area contributed by atoms with Crippen molar-refractivity contribution in [3.63, 3.8) is 0 Å². The summed E-state index contributed by atoms with van der Waals surface area (Å²) in [5.74, 6) is 0.919. The van der Waals surface area contributed by atoms with Crippen molar-refractivity contribution in [3.8, 4) is 0 Å². The summed E-state index contributed by atoms with van der Waals surface area (Å²) in [6, 6.07) is 18.9. The average molecular weight is 356 g/mol. The SMILES string of the molecule is CC(C)C(Cc1ccccc1)c1ccccc1CC(Cl)(Cl)Cl. The number of halogens is 3. The zero-order valence-corrected chi connectivity index (χ0v) is 15.2. The Balaban J connectivity index is 2.33. The van der Waals surface area contributed by atoms with E-state index >= 15 is 0 Å². The van der Waals surface area contributed by atoms with Gasteiger partial charge in [-0.05, 0) is 34.9 Å². The lowest BCUT2D eigenvalue weighted by molar-refractivity contribution is 0.492. The Bertz CT molecular complexity index is 585. The summed E-state index contributed by atoms with van der Waals surface area (Å²) in [6.07, 6.45) is 1.43. The summed E-state index contributed by atoms with van der Waals surface area (Å²) >= 11 is 18.0. The minimum Gasteiger partial charge on any atom is -0.0833 e. The van der Waals surface area contributed by atoms with Crippen molar-refractivity contribution in [2.75, 3.05) is 0 Å². The molecule has 3 heteroatoms. The largest absolute Gasteiger partial charge is 0.194 e. The van der Waals surface area contributed by atoms with Gasteiger partial charge in [0.2, 0.25) is 0 Å². The lowest BCUT2D eigenvalue weighted by Gasteiger charge is -2.25. The van der Waals surface area contributed by atoms with E-state index in [1.165, 1.54) is 11.1 Å². The molecule has 0 amide bonds. The number of benzene rings is 2. The number of hydrogen-bond donors (Lipinski definition) is 0. The van der Waals surface area contributed by atoms with Crippen LogP contribution < -0.4 is 0 Å². The molecular formula is C19H21Cl3. The zero-order valence-electron chi connectivity index (χ0n) is 12.9. The highest BCUT2D eigenvalue weighted by Gasteiger charge is 2.25. The quantitative estimate of drug-likeness (QED) is 0.531. The van der Waals surface area contributed by atoms with E-state index in [9.17, 15) is 0 Å². The standard InChI is InChI=1S/C19H21Cl3/c1-14(2)18(12-15-8-4-3-5-9-15)17-11-7-6-10-16(17)13-19(20,21)22/h3-11,14,18H,12-13H2,1-2H3. The van der Waals surface area contributed by atoms with Crippen LogP contribution in [0.5, 0.6) is 0 Å². The van der Waals surface area contributed by atoms with Crippen molar-refractivity contribution < 1.29 is 0 Å². The second kappa shape index (κ2) is 7.73. The van der Waals surface area contributed by atoms with E-state index in [2.05, 4.69) is 56.3 Å². The van der Waals surface area contributed by atoms with Crippen molar-refractivity contribution in [1.82, 2.24) is 0 Å². The fourth-order valence-electron chi connectivity index (χ4n) is 2.85. The molecule has 22 heavy (non-hydrogen) atoms. The Morgan fingerprint density at radius 1 is 0.864 bits per heavy atom. The molecule has 2 aromatic carbocycles. The van der Waals surface area contributed by atoms with E-state index in [1.54, 1.807) is 0 Å². The van der Waals surface area contributed by atoms with Gasteiger partial charge in [0, 0.05) is 6.42 Å². The molecule has 0 radical (unpaired) electrons. The Kier molecular flexibility index (Phi) is 6.20. The summed E-state index contributed by atoms with van der Waals surface area (Å²) in [5.41, 5.74) is 3.75. The lowest BCUT2D eigenvalue weighted by atomic mass is 9.81. The van der Waals surface area contributed by atoms with Crippen LogP contribution in [-0.4, -0.2) is 3.79 Å². The second-order valence-electron chi connectivity index (χ2n) is 6.03. The normalized spacial score (nSPS) is 13.4. The summed E-state index contributed by atoms with van der Waals surface area (Å²) in [4.78, 5) is 0. The molecule has 0 saturated heterocycles. The van der Waals surface area contributed by atoms with Gasteiger partial charge in [-0.1, -0.05) is 103 Å². The molecule has 0 fully saturated rings. The fraction of sp³-hybridized carbons (Fsp3) is 0.368. The maximum Gasteiger partial charge on any atom is 0.194 e. The van der Waals surface area contributed by atoms with Crippen LogP contribution in [0.3, 0.4) is 0 Å². The Labute approximate surface area is 148 Å². The van der Waals surface area contributed by atoms with Gasteiger partial charge in [0.25, 0.3) is 0 Å². The third kappa shape index (κ3) is 5.19. The molecular weight excluding hydrogens is 335 g/mol. The third-order valence-corrected chi connectivity index (χ3v) is 4.35. The van der Waals surface area contributed by atoms with Gasteiger partial charge in [-0.3, -0.25) is 0 Å². The summed E-state index contributed by atoms with van der Waals surface area (Å²) in [7, 11) is 0. The number of rotatable bonds is 5. The highest BCUT2D eigenvalue weighted by molar-refractivity contribution is 6.67. The van der Waals surface area contributed by atoms with Gasteiger partial charge in [0.05, 0.1) is 0 Å². The molecule has 0 N–H and O–H groups in total. The molecule has 0 aliphatic rings. The van der Waals surface area contributed by atoms with E-state index in [0.717, 1.165) is 12.0 Å². The predicted molar refractivity (Wildman–Crippen MR) is 98.2 cm³/mol. The predicted octanol–water partition coefficient (Wildman–Crippen LogP) is 6.58. The van der Waals surface area contributed by atoms with Crippen LogP contribution in [0.15, 0.2) is 54.6 Å². The Morgan fingerprint density at radius 2 is 1.45 bits per heavy atom. The van der Waals surface area contributed by atoms with Gasteiger partial charge in [-0.2, -0.15) is 0 Å². The van der Waals surface area contributed by atoms with E-state index in [0.29, 0.717) is 18.3 Å². The lowest BCUT2D eigenvalue weighted by Crippen LogP contribution is -2.15. The smallest absolute Gasteiger partial charge is 0.0833 e. The fourth-order valence-corrected chi connectivity index (χ4v) is 3.28. The number of hydrogen-bond acceptors (Lipinski definition) is 0. The Morgan fingerprint density at radius 3 is 2.05 bits per heavy atom. The number of alkyl halides is 3. The molecule has 0 heterocycles. The van der Waals surface area contributed by atoms with E-state index in [1.807, 2.05) is 12.1 Å². The van der Waals surface area contributed by atoms with E-state index in [-0.39, 0.29) is 0 Å². The molecule has 1 unspecified atom stereocenters. The van der Waals surface area contributed by atoms with Gasteiger partial charge in [-0.15, -0.1) is 0 Å². The van der Waals surface area contributed by atoms with Crippen molar-refractivity contribution in [3.05, 3.63) is 71.3 Å². The van der Waals surface area contributed by atoms with Gasteiger partial charge in [-0.25, -0.2) is 0 Å². The van der Waals surface area contributed by atoms with Crippen LogP contribution in [0.1, 0.15) is 36.5 Å². The summed E-state index contributed by atoms with van der Waals surface area (Å²) in [5, 5.41) is 0. The average Bonchev–Trinajstić information content (AvgIpc) is 2.45. The van der Waals surface area contributed by atoms with Crippen LogP contribution in [0, 0.1) is 5.92 Å².